The molecular formula is C23H23NO. The molecule has 0 aliphatic carbocycles. The molecule has 2 nitrogen and oxygen atoms in total. The molecule has 126 valence electrons. The van der Waals surface area contributed by atoms with Crippen molar-refractivity contribution in [1.29, 1.82) is 0 Å². The average molecular weight is 329 g/mol. The van der Waals surface area contributed by atoms with Crippen LogP contribution in [0.15, 0.2) is 72.8 Å². The predicted molar refractivity (Wildman–Crippen MR) is 103 cm³/mol. The zero-order valence-electron chi connectivity index (χ0n) is 14.9. The van der Waals surface area contributed by atoms with Gasteiger partial charge in [0.25, 0.3) is 5.91 Å². The molecule has 2 heteroatoms. The van der Waals surface area contributed by atoms with E-state index in [9.17, 15) is 4.79 Å². The van der Waals surface area contributed by atoms with Gasteiger partial charge in [-0.2, -0.15) is 0 Å². The van der Waals surface area contributed by atoms with Gasteiger partial charge in [-0.05, 0) is 43.5 Å². The Kier molecular flexibility index (Phi) is 4.99. The second kappa shape index (κ2) is 7.35. The standard InChI is InChI=1S/C23H23NO/c1-16-8-7-11-20(14-16)22(19-9-5-4-6-10-19)24-23(25)21-15-17(2)12-13-18(21)3/h4-15,22H,1-3H3,(H,24,25). The number of amides is 1. The third-order valence-corrected chi connectivity index (χ3v) is 4.42. The van der Waals surface area contributed by atoms with Crippen LogP contribution in [0.2, 0.25) is 0 Å². The van der Waals surface area contributed by atoms with Crippen molar-refractivity contribution in [1.82, 2.24) is 5.32 Å². The summed E-state index contributed by atoms with van der Waals surface area (Å²) in [6, 6.07) is 24.2. The van der Waals surface area contributed by atoms with E-state index in [1.807, 2.05) is 56.3 Å². The number of rotatable bonds is 4. The van der Waals surface area contributed by atoms with Gasteiger partial charge in [0.15, 0.2) is 0 Å². The van der Waals surface area contributed by atoms with Gasteiger partial charge in [0, 0.05) is 5.56 Å². The summed E-state index contributed by atoms with van der Waals surface area (Å²) in [5.74, 6) is -0.0449. The Morgan fingerprint density at radius 3 is 2.16 bits per heavy atom. The Hall–Kier alpha value is -2.87. The first-order valence-corrected chi connectivity index (χ1v) is 8.54. The first-order chi connectivity index (χ1) is 12.0. The molecule has 1 amide bonds. The van der Waals surface area contributed by atoms with E-state index < -0.39 is 0 Å². The molecule has 3 aromatic carbocycles. The number of hydrogen-bond acceptors (Lipinski definition) is 1. The minimum absolute atomic E-state index is 0.0449. The zero-order chi connectivity index (χ0) is 17.8. The lowest BCUT2D eigenvalue weighted by atomic mass is 9.96. The third-order valence-electron chi connectivity index (χ3n) is 4.42. The molecule has 0 aromatic heterocycles. The van der Waals surface area contributed by atoms with Crippen LogP contribution in [-0.4, -0.2) is 5.91 Å². The molecule has 0 bridgehead atoms. The Balaban J connectivity index is 1.98. The third kappa shape index (κ3) is 3.97. The molecular weight excluding hydrogens is 306 g/mol. The largest absolute Gasteiger partial charge is 0.341 e. The van der Waals surface area contributed by atoms with Crippen molar-refractivity contribution >= 4 is 5.91 Å². The molecule has 1 atom stereocenters. The van der Waals surface area contributed by atoms with Crippen LogP contribution in [0, 0.1) is 20.8 Å². The van der Waals surface area contributed by atoms with Crippen LogP contribution in [-0.2, 0) is 0 Å². The molecule has 3 rings (SSSR count). The minimum Gasteiger partial charge on any atom is -0.341 e. The lowest BCUT2D eigenvalue weighted by Crippen LogP contribution is -2.30. The fraction of sp³-hybridized carbons (Fsp3) is 0.174. The van der Waals surface area contributed by atoms with Crippen molar-refractivity contribution in [2.75, 3.05) is 0 Å². The molecule has 0 fully saturated rings. The number of hydrogen-bond donors (Lipinski definition) is 1. The van der Waals surface area contributed by atoms with E-state index in [-0.39, 0.29) is 11.9 Å². The van der Waals surface area contributed by atoms with E-state index in [4.69, 9.17) is 0 Å². The Labute approximate surface area is 149 Å². The van der Waals surface area contributed by atoms with Gasteiger partial charge in [-0.1, -0.05) is 77.9 Å². The van der Waals surface area contributed by atoms with Gasteiger partial charge in [-0.15, -0.1) is 0 Å². The van der Waals surface area contributed by atoms with Crippen molar-refractivity contribution in [2.24, 2.45) is 0 Å². The molecule has 0 saturated carbocycles. The smallest absolute Gasteiger partial charge is 0.252 e. The summed E-state index contributed by atoms with van der Waals surface area (Å²) in [7, 11) is 0. The van der Waals surface area contributed by atoms with E-state index in [0.29, 0.717) is 0 Å². The van der Waals surface area contributed by atoms with Gasteiger partial charge in [0.1, 0.15) is 0 Å². The highest BCUT2D eigenvalue weighted by Gasteiger charge is 2.19. The molecule has 1 unspecified atom stereocenters. The topological polar surface area (TPSA) is 29.1 Å². The van der Waals surface area contributed by atoms with Crippen LogP contribution in [0.3, 0.4) is 0 Å². The fourth-order valence-corrected chi connectivity index (χ4v) is 3.04. The van der Waals surface area contributed by atoms with E-state index in [2.05, 4.69) is 42.6 Å². The van der Waals surface area contributed by atoms with Crippen molar-refractivity contribution in [3.05, 3.63) is 106 Å². The lowest BCUT2D eigenvalue weighted by molar-refractivity contribution is 0.0942. The first kappa shape index (κ1) is 17.0. The van der Waals surface area contributed by atoms with Crippen molar-refractivity contribution < 1.29 is 4.79 Å². The maximum Gasteiger partial charge on any atom is 0.252 e. The molecule has 3 aromatic rings. The van der Waals surface area contributed by atoms with E-state index in [1.165, 1.54) is 5.56 Å². The second-order valence-electron chi connectivity index (χ2n) is 6.55. The van der Waals surface area contributed by atoms with Crippen LogP contribution in [0.5, 0.6) is 0 Å². The zero-order valence-corrected chi connectivity index (χ0v) is 14.9. The van der Waals surface area contributed by atoms with Crippen LogP contribution in [0.1, 0.15) is 44.2 Å². The Bertz CT molecular complexity index is 884. The number of nitrogens with one attached hydrogen (secondary N) is 1. The van der Waals surface area contributed by atoms with Gasteiger partial charge in [-0.3, -0.25) is 4.79 Å². The summed E-state index contributed by atoms with van der Waals surface area (Å²) in [6.45, 7) is 6.04. The first-order valence-electron chi connectivity index (χ1n) is 8.54. The molecule has 0 heterocycles. The van der Waals surface area contributed by atoms with Gasteiger partial charge in [0.05, 0.1) is 6.04 Å². The number of carbonyl (C=O) groups is 1. The normalized spacial score (nSPS) is 11.8. The van der Waals surface area contributed by atoms with Crippen molar-refractivity contribution in [3.63, 3.8) is 0 Å². The van der Waals surface area contributed by atoms with E-state index in [1.54, 1.807) is 0 Å². The van der Waals surface area contributed by atoms with Crippen molar-refractivity contribution in [3.8, 4) is 0 Å². The van der Waals surface area contributed by atoms with Crippen LogP contribution in [0.25, 0.3) is 0 Å². The lowest BCUT2D eigenvalue weighted by Gasteiger charge is -2.21. The molecule has 1 N–H and O–H groups in total. The van der Waals surface area contributed by atoms with E-state index >= 15 is 0 Å². The maximum absolute atomic E-state index is 12.9. The predicted octanol–water partition coefficient (Wildman–Crippen LogP) is 5.13. The Morgan fingerprint density at radius 2 is 1.44 bits per heavy atom. The molecule has 0 radical (unpaired) electrons. The van der Waals surface area contributed by atoms with Gasteiger partial charge in [0.2, 0.25) is 0 Å². The minimum atomic E-state index is -0.173. The highest BCUT2D eigenvalue weighted by Crippen LogP contribution is 2.24. The van der Waals surface area contributed by atoms with Crippen LogP contribution in [0.4, 0.5) is 0 Å². The van der Waals surface area contributed by atoms with Crippen LogP contribution < -0.4 is 5.32 Å². The number of benzene rings is 3. The monoisotopic (exact) mass is 329 g/mol. The van der Waals surface area contributed by atoms with Gasteiger partial charge < -0.3 is 5.32 Å². The van der Waals surface area contributed by atoms with Gasteiger partial charge in [-0.25, -0.2) is 0 Å². The summed E-state index contributed by atoms with van der Waals surface area (Å²) in [4.78, 5) is 12.9. The van der Waals surface area contributed by atoms with Gasteiger partial charge >= 0.3 is 0 Å². The molecule has 0 aliphatic heterocycles. The highest BCUT2D eigenvalue weighted by molar-refractivity contribution is 5.96. The molecule has 0 aliphatic rings. The number of aryl methyl sites for hydroxylation is 3. The molecule has 25 heavy (non-hydrogen) atoms. The average Bonchev–Trinajstić information content (AvgIpc) is 2.62. The quantitative estimate of drug-likeness (QED) is 0.706. The van der Waals surface area contributed by atoms with Crippen molar-refractivity contribution in [2.45, 2.75) is 26.8 Å². The van der Waals surface area contributed by atoms with Crippen LogP contribution >= 0.6 is 0 Å². The number of carbonyl (C=O) groups excluding carboxylic acids is 1. The Morgan fingerprint density at radius 1 is 0.760 bits per heavy atom. The summed E-state index contributed by atoms with van der Waals surface area (Å²) in [5, 5.41) is 3.22. The molecule has 0 spiro atoms. The maximum atomic E-state index is 12.9. The summed E-state index contributed by atoms with van der Waals surface area (Å²) in [5.41, 5.74) is 6.14. The highest BCUT2D eigenvalue weighted by atomic mass is 16.1. The molecule has 0 saturated heterocycles. The SMILES string of the molecule is Cc1cccc(C(NC(=O)c2cc(C)ccc2C)c2ccccc2)c1. The second-order valence-corrected chi connectivity index (χ2v) is 6.55. The fourth-order valence-electron chi connectivity index (χ4n) is 3.04. The van der Waals surface area contributed by atoms with E-state index in [0.717, 1.165) is 27.8 Å². The summed E-state index contributed by atoms with van der Waals surface area (Å²) >= 11 is 0. The summed E-state index contributed by atoms with van der Waals surface area (Å²) in [6.07, 6.45) is 0. The summed E-state index contributed by atoms with van der Waals surface area (Å²) < 4.78 is 0.